The van der Waals surface area contributed by atoms with Crippen LogP contribution in [-0.2, 0) is 6.42 Å². The van der Waals surface area contributed by atoms with E-state index in [9.17, 15) is 0 Å². The number of aromatic nitrogens is 2. The van der Waals surface area contributed by atoms with Gasteiger partial charge >= 0.3 is 0 Å². The second-order valence-corrected chi connectivity index (χ2v) is 9.82. The predicted octanol–water partition coefficient (Wildman–Crippen LogP) is 5.11. The van der Waals surface area contributed by atoms with Gasteiger partial charge in [-0.05, 0) is 48.9 Å². The van der Waals surface area contributed by atoms with Gasteiger partial charge in [-0.1, -0.05) is 52.7 Å². The van der Waals surface area contributed by atoms with Crippen LogP contribution >= 0.6 is 0 Å². The molecule has 1 aliphatic heterocycles. The van der Waals surface area contributed by atoms with E-state index in [1.807, 2.05) is 31.1 Å². The summed E-state index contributed by atoms with van der Waals surface area (Å²) in [5.41, 5.74) is 4.84. The van der Waals surface area contributed by atoms with E-state index in [2.05, 4.69) is 90.9 Å². The Hall–Kier alpha value is -2.99. The van der Waals surface area contributed by atoms with E-state index in [0.29, 0.717) is 5.92 Å². The molecule has 1 atom stereocenters. The highest BCUT2D eigenvalue weighted by atomic mass is 15.3. The summed E-state index contributed by atoms with van der Waals surface area (Å²) in [4.78, 5) is 13.8. The second-order valence-electron chi connectivity index (χ2n) is 9.82. The monoisotopic (exact) mass is 462 g/mol. The third-order valence-electron chi connectivity index (χ3n) is 6.50. The van der Waals surface area contributed by atoms with Crippen LogP contribution in [0.15, 0.2) is 77.3 Å². The maximum atomic E-state index is 4.58. The fourth-order valence-electron chi connectivity index (χ4n) is 4.00. The molecule has 1 aromatic heterocycles. The smallest absolute Gasteiger partial charge is 0.0734 e. The van der Waals surface area contributed by atoms with Crippen LogP contribution in [0.3, 0.4) is 0 Å². The van der Waals surface area contributed by atoms with E-state index in [-0.39, 0.29) is 5.41 Å². The molecule has 1 fully saturated rings. The summed E-state index contributed by atoms with van der Waals surface area (Å²) in [5.74, 6) is 0.545. The van der Waals surface area contributed by atoms with Crippen molar-refractivity contribution in [1.82, 2.24) is 19.6 Å². The van der Waals surface area contributed by atoms with E-state index < -0.39 is 0 Å². The van der Waals surface area contributed by atoms with Gasteiger partial charge in [-0.25, -0.2) is 4.68 Å². The quantitative estimate of drug-likeness (QED) is 0.379. The predicted molar refractivity (Wildman–Crippen MR) is 147 cm³/mol. The zero-order chi connectivity index (χ0) is 25.3. The van der Waals surface area contributed by atoms with Crippen molar-refractivity contribution in [3.05, 3.63) is 72.9 Å². The molecule has 0 aliphatic carbocycles. The molecule has 1 aliphatic rings. The van der Waals surface area contributed by atoms with E-state index in [0.717, 1.165) is 60.8 Å². The third-order valence-corrected chi connectivity index (χ3v) is 6.50. The molecule has 1 aromatic rings. The van der Waals surface area contributed by atoms with E-state index in [4.69, 9.17) is 0 Å². The van der Waals surface area contributed by atoms with Gasteiger partial charge < -0.3 is 9.80 Å². The van der Waals surface area contributed by atoms with Crippen molar-refractivity contribution >= 4 is 18.1 Å². The van der Waals surface area contributed by atoms with Crippen LogP contribution in [0.2, 0.25) is 0 Å². The Labute approximate surface area is 206 Å². The SMILES string of the molecule is C=CC(=C)/C(C=C)=N\C(C)=C/Cc1cnn(/C=C(\C=N/C)N2CCN(C)CC(C)(C)C(C)C2)c1. The van der Waals surface area contributed by atoms with Crippen LogP contribution in [0.5, 0.6) is 0 Å². The number of hydrogen-bond donors (Lipinski definition) is 0. The summed E-state index contributed by atoms with van der Waals surface area (Å²) >= 11 is 0. The Morgan fingerprint density at radius 1 is 1.26 bits per heavy atom. The van der Waals surface area contributed by atoms with E-state index in [1.165, 1.54) is 0 Å². The molecule has 1 unspecified atom stereocenters. The lowest BCUT2D eigenvalue weighted by Crippen LogP contribution is -2.47. The van der Waals surface area contributed by atoms with Crippen molar-refractivity contribution in [2.75, 3.05) is 40.3 Å². The number of aliphatic imine (C=N–C) groups is 2. The van der Waals surface area contributed by atoms with Crippen LogP contribution in [0.1, 0.15) is 33.3 Å². The van der Waals surface area contributed by atoms with Crippen LogP contribution < -0.4 is 0 Å². The number of nitrogens with zero attached hydrogens (tertiary/aromatic N) is 6. The van der Waals surface area contributed by atoms with E-state index in [1.54, 1.807) is 12.2 Å². The van der Waals surface area contributed by atoms with Crippen LogP contribution in [0, 0.1) is 11.3 Å². The zero-order valence-electron chi connectivity index (χ0n) is 22.0. The van der Waals surface area contributed by atoms with E-state index >= 15 is 0 Å². The maximum Gasteiger partial charge on any atom is 0.0734 e. The minimum Gasteiger partial charge on any atom is -0.367 e. The summed E-state index contributed by atoms with van der Waals surface area (Å²) in [6, 6.07) is 0. The zero-order valence-corrected chi connectivity index (χ0v) is 22.0. The van der Waals surface area contributed by atoms with Crippen molar-refractivity contribution in [2.45, 2.75) is 34.1 Å². The molecule has 0 spiro atoms. The average Bonchev–Trinajstić information content (AvgIpc) is 3.24. The summed E-state index contributed by atoms with van der Waals surface area (Å²) < 4.78 is 1.88. The maximum absolute atomic E-state index is 4.58. The largest absolute Gasteiger partial charge is 0.367 e. The number of allylic oxidation sites excluding steroid dienone is 6. The number of rotatable bonds is 9. The molecule has 0 aromatic carbocycles. The normalized spacial score (nSPS) is 20.8. The van der Waals surface area contributed by atoms with Crippen molar-refractivity contribution in [3.63, 3.8) is 0 Å². The summed E-state index contributed by atoms with van der Waals surface area (Å²) in [6.07, 6.45) is 14.2. The van der Waals surface area contributed by atoms with Gasteiger partial charge in [0.2, 0.25) is 0 Å². The van der Waals surface area contributed by atoms with Crippen LogP contribution in [-0.4, -0.2) is 71.8 Å². The minimum absolute atomic E-state index is 0.247. The molecule has 2 rings (SSSR count). The molecule has 0 amide bonds. The molecule has 2 heterocycles. The van der Waals surface area contributed by atoms with Gasteiger partial charge in [-0.15, -0.1) is 0 Å². The van der Waals surface area contributed by atoms with Gasteiger partial charge in [0.05, 0.1) is 23.8 Å². The first kappa shape index (κ1) is 27.3. The lowest BCUT2D eigenvalue weighted by atomic mass is 9.78. The first-order valence-corrected chi connectivity index (χ1v) is 11.9. The van der Waals surface area contributed by atoms with Crippen molar-refractivity contribution < 1.29 is 0 Å². The van der Waals surface area contributed by atoms with Crippen molar-refractivity contribution in [1.29, 1.82) is 0 Å². The van der Waals surface area contributed by atoms with Gasteiger partial charge in [0.1, 0.15) is 0 Å². The lowest BCUT2D eigenvalue weighted by Gasteiger charge is -2.42. The highest BCUT2D eigenvalue weighted by Gasteiger charge is 2.31. The minimum atomic E-state index is 0.247. The van der Waals surface area contributed by atoms with Gasteiger partial charge in [0, 0.05) is 51.3 Å². The lowest BCUT2D eigenvalue weighted by molar-refractivity contribution is 0.0875. The molecule has 0 saturated carbocycles. The summed E-state index contributed by atoms with van der Waals surface area (Å²) in [7, 11) is 4.03. The molecular formula is C28H42N6. The molecule has 6 nitrogen and oxygen atoms in total. The Morgan fingerprint density at radius 2 is 2.00 bits per heavy atom. The van der Waals surface area contributed by atoms with Gasteiger partial charge in [-0.2, -0.15) is 5.10 Å². The Balaban J connectivity index is 2.21. The van der Waals surface area contributed by atoms with Crippen LogP contribution in [0.25, 0.3) is 6.20 Å². The topological polar surface area (TPSA) is 49.0 Å². The fourth-order valence-corrected chi connectivity index (χ4v) is 4.00. The average molecular weight is 463 g/mol. The molecule has 0 N–H and O–H groups in total. The third kappa shape index (κ3) is 7.80. The fraction of sp³-hybridized carbons (Fsp3) is 0.464. The molecular weight excluding hydrogens is 420 g/mol. The first-order chi connectivity index (χ1) is 16.1. The molecule has 0 bridgehead atoms. The highest BCUT2D eigenvalue weighted by molar-refractivity contribution is 6.09. The van der Waals surface area contributed by atoms with Crippen molar-refractivity contribution in [3.8, 4) is 0 Å². The van der Waals surface area contributed by atoms with Crippen LogP contribution in [0.4, 0.5) is 0 Å². The molecule has 34 heavy (non-hydrogen) atoms. The number of hydrogen-bond acceptors (Lipinski definition) is 5. The standard InChI is InChI=1S/C28H42N6/c1-10-22(3)27(11-2)31-24(5)12-13-25-16-30-34(19-25)20-26(17-29-8)33-15-14-32(9)21-28(6,7)23(4)18-33/h10-12,16-17,19-20,23H,1-3,13-15,18,21H2,4-9H3/b24-12-,26-20+,29-17-,31-27-. The molecule has 1 saturated heterocycles. The van der Waals surface area contributed by atoms with Gasteiger partial charge in [-0.3, -0.25) is 9.98 Å². The Kier molecular flexibility index (Phi) is 9.99. The highest BCUT2D eigenvalue weighted by Crippen LogP contribution is 2.30. The second kappa shape index (κ2) is 12.5. The molecule has 6 heteroatoms. The molecule has 0 radical (unpaired) electrons. The Bertz CT molecular complexity index is 988. The number of likely N-dealkylation sites (N-methyl/N-ethyl adjacent to an activating group) is 1. The Morgan fingerprint density at radius 3 is 2.65 bits per heavy atom. The first-order valence-electron chi connectivity index (χ1n) is 11.9. The van der Waals surface area contributed by atoms with Gasteiger partial charge in [0.25, 0.3) is 0 Å². The van der Waals surface area contributed by atoms with Crippen molar-refractivity contribution in [2.24, 2.45) is 21.3 Å². The summed E-state index contributed by atoms with van der Waals surface area (Å²) in [5, 5.41) is 4.57. The summed E-state index contributed by atoms with van der Waals surface area (Å²) in [6.45, 7) is 24.6. The molecule has 184 valence electrons. The van der Waals surface area contributed by atoms with Gasteiger partial charge in [0.15, 0.2) is 0 Å².